The summed E-state index contributed by atoms with van der Waals surface area (Å²) >= 11 is 0. The molecule has 1 aliphatic rings. The third-order valence-corrected chi connectivity index (χ3v) is 2.44. The first-order valence-electron chi connectivity index (χ1n) is 4.81. The molecule has 72 valence electrons. The highest BCUT2D eigenvalue weighted by atomic mass is 16.5. The van der Waals surface area contributed by atoms with Crippen molar-refractivity contribution in [3.63, 3.8) is 0 Å². The molecular formula is C11H11NO2. The molecule has 0 fully saturated rings. The molecule has 1 aromatic carbocycles. The third-order valence-electron chi connectivity index (χ3n) is 2.44. The van der Waals surface area contributed by atoms with Crippen molar-refractivity contribution in [1.29, 1.82) is 0 Å². The van der Waals surface area contributed by atoms with Crippen LogP contribution >= 0.6 is 0 Å². The van der Waals surface area contributed by atoms with Crippen molar-refractivity contribution in [1.82, 2.24) is 4.98 Å². The van der Waals surface area contributed by atoms with E-state index in [1.807, 2.05) is 24.4 Å². The second-order valence-corrected chi connectivity index (χ2v) is 3.38. The largest absolute Gasteiger partial charge is 0.490 e. The van der Waals surface area contributed by atoms with Crippen molar-refractivity contribution in [2.24, 2.45) is 0 Å². The van der Waals surface area contributed by atoms with E-state index in [1.54, 1.807) is 0 Å². The number of ether oxygens (including phenoxy) is 2. The Hall–Kier alpha value is -1.64. The number of aromatic amines is 1. The number of hydrogen-bond donors (Lipinski definition) is 1. The van der Waals surface area contributed by atoms with Crippen LogP contribution < -0.4 is 9.47 Å². The summed E-state index contributed by atoms with van der Waals surface area (Å²) in [6.45, 7) is 1.47. The summed E-state index contributed by atoms with van der Waals surface area (Å²) in [5, 5.41) is 1.10. The van der Waals surface area contributed by atoms with Gasteiger partial charge in [0.15, 0.2) is 11.5 Å². The molecule has 0 saturated heterocycles. The summed E-state index contributed by atoms with van der Waals surface area (Å²) in [7, 11) is 0. The standard InChI is InChI=1S/C11H11NO2/c1-6-13-10-3-2-9-8(4-5-12-9)11(10)14-7-1/h2-5,12H,1,6-7H2. The summed E-state index contributed by atoms with van der Waals surface area (Å²) in [6, 6.07) is 5.99. The monoisotopic (exact) mass is 189 g/mol. The van der Waals surface area contributed by atoms with Gasteiger partial charge in [0.25, 0.3) is 0 Å². The van der Waals surface area contributed by atoms with Gasteiger partial charge in [0.1, 0.15) is 0 Å². The summed E-state index contributed by atoms with van der Waals surface area (Å²) in [5.41, 5.74) is 1.09. The lowest BCUT2D eigenvalue weighted by Gasteiger charge is -2.07. The second-order valence-electron chi connectivity index (χ2n) is 3.38. The van der Waals surface area contributed by atoms with Gasteiger partial charge in [0.2, 0.25) is 0 Å². The normalized spacial score (nSPS) is 15.4. The SMILES string of the molecule is c1cc2c3c(ccc2[nH]1)OCCCO3. The Bertz CT molecular complexity index is 461. The van der Waals surface area contributed by atoms with Crippen LogP contribution in [0.2, 0.25) is 0 Å². The van der Waals surface area contributed by atoms with E-state index in [2.05, 4.69) is 4.98 Å². The predicted molar refractivity (Wildman–Crippen MR) is 53.9 cm³/mol. The van der Waals surface area contributed by atoms with Gasteiger partial charge in [-0.2, -0.15) is 0 Å². The van der Waals surface area contributed by atoms with E-state index in [9.17, 15) is 0 Å². The van der Waals surface area contributed by atoms with Crippen LogP contribution in [0, 0.1) is 0 Å². The zero-order valence-electron chi connectivity index (χ0n) is 7.75. The highest BCUT2D eigenvalue weighted by Crippen LogP contribution is 2.36. The van der Waals surface area contributed by atoms with Crippen LogP contribution in [0.3, 0.4) is 0 Å². The number of H-pyrrole nitrogens is 1. The van der Waals surface area contributed by atoms with Crippen LogP contribution in [0.4, 0.5) is 0 Å². The highest BCUT2D eigenvalue weighted by molar-refractivity contribution is 5.88. The number of hydrogen-bond acceptors (Lipinski definition) is 2. The quantitative estimate of drug-likeness (QED) is 0.690. The van der Waals surface area contributed by atoms with Crippen molar-refractivity contribution in [2.75, 3.05) is 13.2 Å². The summed E-state index contributed by atoms with van der Waals surface area (Å²) in [6.07, 6.45) is 2.86. The molecule has 0 atom stereocenters. The Labute approximate surface area is 81.6 Å². The van der Waals surface area contributed by atoms with Crippen molar-refractivity contribution in [3.05, 3.63) is 24.4 Å². The molecule has 0 aliphatic carbocycles. The van der Waals surface area contributed by atoms with Gasteiger partial charge >= 0.3 is 0 Å². The fraction of sp³-hybridized carbons (Fsp3) is 0.273. The minimum Gasteiger partial charge on any atom is -0.490 e. The van der Waals surface area contributed by atoms with Gasteiger partial charge in [0, 0.05) is 23.5 Å². The molecule has 1 aliphatic heterocycles. The average molecular weight is 189 g/mol. The van der Waals surface area contributed by atoms with Gasteiger partial charge in [-0.15, -0.1) is 0 Å². The van der Waals surface area contributed by atoms with E-state index in [0.29, 0.717) is 0 Å². The molecule has 3 nitrogen and oxygen atoms in total. The number of benzene rings is 1. The maximum atomic E-state index is 5.68. The number of fused-ring (bicyclic) bond motifs is 3. The molecule has 0 saturated carbocycles. The smallest absolute Gasteiger partial charge is 0.170 e. The highest BCUT2D eigenvalue weighted by Gasteiger charge is 2.13. The van der Waals surface area contributed by atoms with E-state index in [-0.39, 0.29) is 0 Å². The maximum Gasteiger partial charge on any atom is 0.170 e. The van der Waals surface area contributed by atoms with E-state index < -0.39 is 0 Å². The molecule has 1 aromatic heterocycles. The molecule has 0 amide bonds. The van der Waals surface area contributed by atoms with Gasteiger partial charge in [-0.05, 0) is 18.2 Å². The van der Waals surface area contributed by atoms with Crippen LogP contribution in [-0.4, -0.2) is 18.2 Å². The molecule has 1 N–H and O–H groups in total. The van der Waals surface area contributed by atoms with Crippen LogP contribution in [0.5, 0.6) is 11.5 Å². The minimum atomic E-state index is 0.733. The van der Waals surface area contributed by atoms with Gasteiger partial charge in [0.05, 0.1) is 13.2 Å². The Balaban J connectivity index is 2.26. The second kappa shape index (κ2) is 2.94. The Morgan fingerprint density at radius 1 is 1.07 bits per heavy atom. The van der Waals surface area contributed by atoms with Crippen LogP contribution in [0.25, 0.3) is 10.9 Å². The molecule has 3 heteroatoms. The Kier molecular flexibility index (Phi) is 1.63. The topological polar surface area (TPSA) is 34.2 Å². The molecule has 0 bridgehead atoms. The van der Waals surface area contributed by atoms with E-state index >= 15 is 0 Å². The lowest BCUT2D eigenvalue weighted by atomic mass is 10.2. The molecule has 0 unspecified atom stereocenters. The first-order chi connectivity index (χ1) is 6.95. The zero-order chi connectivity index (χ0) is 9.38. The minimum absolute atomic E-state index is 0.733. The van der Waals surface area contributed by atoms with Gasteiger partial charge in [-0.1, -0.05) is 0 Å². The third kappa shape index (κ3) is 1.05. The lowest BCUT2D eigenvalue weighted by Crippen LogP contribution is -1.97. The molecular weight excluding hydrogens is 178 g/mol. The molecule has 2 heterocycles. The van der Waals surface area contributed by atoms with Gasteiger partial charge < -0.3 is 14.5 Å². The molecule has 2 aromatic rings. The molecule has 14 heavy (non-hydrogen) atoms. The number of nitrogens with one attached hydrogen (secondary N) is 1. The van der Waals surface area contributed by atoms with Crippen molar-refractivity contribution in [3.8, 4) is 11.5 Å². The van der Waals surface area contributed by atoms with Gasteiger partial charge in [-0.3, -0.25) is 0 Å². The zero-order valence-corrected chi connectivity index (χ0v) is 7.75. The van der Waals surface area contributed by atoms with E-state index in [4.69, 9.17) is 9.47 Å². The molecule has 3 rings (SSSR count). The van der Waals surface area contributed by atoms with E-state index in [1.165, 1.54) is 0 Å². The number of aromatic nitrogens is 1. The molecule has 0 spiro atoms. The van der Waals surface area contributed by atoms with Crippen LogP contribution in [0.15, 0.2) is 24.4 Å². The fourth-order valence-corrected chi connectivity index (χ4v) is 1.76. The summed E-state index contributed by atoms with van der Waals surface area (Å²) in [4.78, 5) is 3.15. The summed E-state index contributed by atoms with van der Waals surface area (Å²) in [5.74, 6) is 1.73. The van der Waals surface area contributed by atoms with Crippen LogP contribution in [0.1, 0.15) is 6.42 Å². The lowest BCUT2D eigenvalue weighted by molar-refractivity contribution is 0.297. The Morgan fingerprint density at radius 3 is 3.00 bits per heavy atom. The first-order valence-corrected chi connectivity index (χ1v) is 4.81. The average Bonchev–Trinajstić information content (AvgIpc) is 2.55. The number of rotatable bonds is 0. The van der Waals surface area contributed by atoms with Crippen molar-refractivity contribution in [2.45, 2.75) is 6.42 Å². The molecule has 0 radical (unpaired) electrons. The summed E-state index contributed by atoms with van der Waals surface area (Å²) < 4.78 is 11.3. The van der Waals surface area contributed by atoms with E-state index in [0.717, 1.165) is 42.0 Å². The Morgan fingerprint density at radius 2 is 2.00 bits per heavy atom. The van der Waals surface area contributed by atoms with Crippen LogP contribution in [-0.2, 0) is 0 Å². The first kappa shape index (κ1) is 7.74. The fourth-order valence-electron chi connectivity index (χ4n) is 1.76. The predicted octanol–water partition coefficient (Wildman–Crippen LogP) is 2.33. The van der Waals surface area contributed by atoms with Gasteiger partial charge in [-0.25, -0.2) is 0 Å². The maximum absolute atomic E-state index is 5.68. The van der Waals surface area contributed by atoms with Crippen molar-refractivity contribution >= 4 is 10.9 Å². The van der Waals surface area contributed by atoms with Crippen molar-refractivity contribution < 1.29 is 9.47 Å².